The molecule has 0 unspecified atom stereocenters. The maximum Gasteiger partial charge on any atom is 0.312 e. The minimum Gasteiger partial charge on any atom is -0.484 e. The quantitative estimate of drug-likeness (QED) is 0.327. The zero-order valence-electron chi connectivity index (χ0n) is 11.5. The van der Waals surface area contributed by atoms with Crippen molar-refractivity contribution in [1.29, 1.82) is 0 Å². The van der Waals surface area contributed by atoms with E-state index in [1.165, 1.54) is 19.1 Å². The summed E-state index contributed by atoms with van der Waals surface area (Å²) in [7, 11) is 0. The number of nitro benzene ring substituents is 1. The molecule has 0 aromatic heterocycles. The molecular formula is C13H16BrNO5. The summed E-state index contributed by atoms with van der Waals surface area (Å²) in [6.07, 6.45) is 0.0470. The first kappa shape index (κ1) is 16.6. The fourth-order valence-electron chi connectivity index (χ4n) is 1.56. The monoisotopic (exact) mass is 345 g/mol. The number of rotatable bonds is 7. The highest BCUT2D eigenvalue weighted by Gasteiger charge is 2.23. The molecule has 6 nitrogen and oxygen atoms in total. The smallest absolute Gasteiger partial charge is 0.312 e. The van der Waals surface area contributed by atoms with Crippen LogP contribution in [0.3, 0.4) is 0 Å². The second-order valence-corrected chi connectivity index (χ2v) is 5.30. The summed E-state index contributed by atoms with van der Waals surface area (Å²) in [6, 6.07) is 2.82. The van der Waals surface area contributed by atoms with Crippen molar-refractivity contribution in [2.75, 3.05) is 13.2 Å². The van der Waals surface area contributed by atoms with Gasteiger partial charge in [-0.3, -0.25) is 14.9 Å². The van der Waals surface area contributed by atoms with Gasteiger partial charge < -0.3 is 9.47 Å². The molecule has 0 saturated carbocycles. The van der Waals surface area contributed by atoms with Gasteiger partial charge in [0.05, 0.1) is 23.2 Å². The van der Waals surface area contributed by atoms with E-state index in [1.807, 2.05) is 13.8 Å². The molecule has 0 aliphatic rings. The largest absolute Gasteiger partial charge is 0.484 e. The van der Waals surface area contributed by atoms with Crippen molar-refractivity contribution in [1.82, 2.24) is 0 Å². The number of halogens is 1. The van der Waals surface area contributed by atoms with Crippen LogP contribution in [-0.4, -0.2) is 30.0 Å². The molecule has 1 aromatic rings. The molecule has 0 bridgehead atoms. The van der Waals surface area contributed by atoms with E-state index in [0.717, 1.165) is 0 Å². The molecule has 0 amide bonds. The Morgan fingerprint density at radius 3 is 2.55 bits per heavy atom. The highest BCUT2D eigenvalue weighted by atomic mass is 79.9. The number of carbonyl (C=O) groups is 1. The Kier molecular flexibility index (Phi) is 6.09. The van der Waals surface area contributed by atoms with Crippen LogP contribution in [0.15, 0.2) is 16.6 Å². The van der Waals surface area contributed by atoms with Gasteiger partial charge in [0.2, 0.25) is 5.75 Å². The first-order valence-electron chi connectivity index (χ1n) is 6.06. The summed E-state index contributed by atoms with van der Waals surface area (Å²) in [4.78, 5) is 22.1. The second-order valence-electron chi connectivity index (χ2n) is 4.38. The number of benzene rings is 1. The fraction of sp³-hybridized carbons (Fsp3) is 0.462. The van der Waals surface area contributed by atoms with Crippen LogP contribution >= 0.6 is 15.9 Å². The maximum absolute atomic E-state index is 11.6. The van der Waals surface area contributed by atoms with Crippen molar-refractivity contribution >= 4 is 27.4 Å². The molecule has 7 heteroatoms. The number of ketones is 1. The first-order chi connectivity index (χ1) is 9.32. The van der Waals surface area contributed by atoms with Gasteiger partial charge in [0.25, 0.3) is 0 Å². The van der Waals surface area contributed by atoms with Crippen LogP contribution < -0.4 is 4.74 Å². The fourth-order valence-corrected chi connectivity index (χ4v) is 2.00. The normalized spacial score (nSPS) is 10.7. The number of nitrogens with zero attached hydrogens (tertiary/aromatic N) is 1. The van der Waals surface area contributed by atoms with Crippen LogP contribution in [0.4, 0.5) is 5.69 Å². The average Bonchev–Trinajstić information content (AvgIpc) is 2.34. The number of hydrogen-bond donors (Lipinski definition) is 0. The molecule has 0 N–H and O–H groups in total. The molecule has 0 atom stereocenters. The van der Waals surface area contributed by atoms with Gasteiger partial charge in [0.15, 0.2) is 5.78 Å². The molecule has 1 rings (SSSR count). The summed E-state index contributed by atoms with van der Waals surface area (Å²) in [5, 5.41) is 11.1. The Balaban J connectivity index is 3.01. The molecule has 0 saturated heterocycles. The molecule has 0 aliphatic heterocycles. The van der Waals surface area contributed by atoms with E-state index in [-0.39, 0.29) is 35.5 Å². The van der Waals surface area contributed by atoms with Gasteiger partial charge in [-0.2, -0.15) is 0 Å². The van der Waals surface area contributed by atoms with E-state index >= 15 is 0 Å². The van der Waals surface area contributed by atoms with Crippen LogP contribution in [0, 0.1) is 10.1 Å². The molecule has 0 heterocycles. The lowest BCUT2D eigenvalue weighted by Gasteiger charge is -2.12. The van der Waals surface area contributed by atoms with Crippen LogP contribution in [0.2, 0.25) is 0 Å². The van der Waals surface area contributed by atoms with Crippen molar-refractivity contribution in [2.45, 2.75) is 26.9 Å². The van der Waals surface area contributed by atoms with Gasteiger partial charge in [0, 0.05) is 10.5 Å². The second kappa shape index (κ2) is 7.35. The standard InChI is InChI=1S/C13H16BrNO5/c1-8(2)19-4-5-20-13-11(9(3)16)6-10(14)7-12(13)15(17)18/h6-8H,4-5H2,1-3H3. The van der Waals surface area contributed by atoms with E-state index in [9.17, 15) is 14.9 Å². The first-order valence-corrected chi connectivity index (χ1v) is 6.85. The molecule has 0 aliphatic carbocycles. The zero-order chi connectivity index (χ0) is 15.3. The van der Waals surface area contributed by atoms with Gasteiger partial charge >= 0.3 is 5.69 Å². The lowest BCUT2D eigenvalue weighted by molar-refractivity contribution is -0.386. The Labute approximate surface area is 125 Å². The Hall–Kier alpha value is -1.47. The third kappa shape index (κ3) is 4.57. The predicted molar refractivity (Wildman–Crippen MR) is 77.4 cm³/mol. The van der Waals surface area contributed by atoms with Crippen molar-refractivity contribution < 1.29 is 19.2 Å². The third-order valence-electron chi connectivity index (χ3n) is 2.39. The number of ether oxygens (including phenoxy) is 2. The molecule has 110 valence electrons. The topological polar surface area (TPSA) is 78.7 Å². The van der Waals surface area contributed by atoms with E-state index in [2.05, 4.69) is 15.9 Å². The van der Waals surface area contributed by atoms with E-state index < -0.39 is 4.92 Å². The summed E-state index contributed by atoms with van der Waals surface area (Å²) >= 11 is 3.15. The van der Waals surface area contributed by atoms with Gasteiger partial charge in [-0.05, 0) is 26.8 Å². The van der Waals surface area contributed by atoms with E-state index in [1.54, 1.807) is 0 Å². The van der Waals surface area contributed by atoms with E-state index in [0.29, 0.717) is 11.1 Å². The number of Topliss-reactive ketones (excluding diaryl/α,β-unsaturated/α-hetero) is 1. The third-order valence-corrected chi connectivity index (χ3v) is 2.85. The summed E-state index contributed by atoms with van der Waals surface area (Å²) in [5.41, 5.74) is -0.0651. The Bertz CT molecular complexity index is 480. The predicted octanol–water partition coefficient (Wildman–Crippen LogP) is 3.36. The van der Waals surface area contributed by atoms with Crippen molar-refractivity contribution in [2.24, 2.45) is 0 Å². The van der Waals surface area contributed by atoms with E-state index in [4.69, 9.17) is 9.47 Å². The van der Waals surface area contributed by atoms with Crippen molar-refractivity contribution in [3.05, 3.63) is 32.3 Å². The lowest BCUT2D eigenvalue weighted by Crippen LogP contribution is -2.13. The Morgan fingerprint density at radius 2 is 2.05 bits per heavy atom. The minimum atomic E-state index is -0.574. The average molecular weight is 346 g/mol. The summed E-state index contributed by atoms with van der Waals surface area (Å²) in [6.45, 7) is 5.53. The molecule has 20 heavy (non-hydrogen) atoms. The van der Waals surface area contributed by atoms with Gasteiger partial charge in [-0.1, -0.05) is 15.9 Å². The van der Waals surface area contributed by atoms with Gasteiger partial charge in [0.1, 0.15) is 6.61 Å². The SMILES string of the molecule is CC(=O)c1cc(Br)cc([N+](=O)[O-])c1OCCOC(C)C. The highest BCUT2D eigenvalue weighted by Crippen LogP contribution is 2.34. The molecular weight excluding hydrogens is 330 g/mol. The lowest BCUT2D eigenvalue weighted by atomic mass is 10.1. The number of hydrogen-bond acceptors (Lipinski definition) is 5. The zero-order valence-corrected chi connectivity index (χ0v) is 13.1. The van der Waals surface area contributed by atoms with Crippen LogP contribution in [-0.2, 0) is 4.74 Å². The van der Waals surface area contributed by atoms with Gasteiger partial charge in [-0.25, -0.2) is 0 Å². The van der Waals surface area contributed by atoms with Gasteiger partial charge in [-0.15, -0.1) is 0 Å². The maximum atomic E-state index is 11.6. The molecule has 0 radical (unpaired) electrons. The Morgan fingerprint density at radius 1 is 1.40 bits per heavy atom. The minimum absolute atomic E-state index is 0.0157. The van der Waals surface area contributed by atoms with Crippen LogP contribution in [0.25, 0.3) is 0 Å². The van der Waals surface area contributed by atoms with Crippen molar-refractivity contribution in [3.63, 3.8) is 0 Å². The molecule has 0 fully saturated rings. The molecule has 0 spiro atoms. The number of nitro groups is 1. The summed E-state index contributed by atoms with van der Waals surface area (Å²) in [5.74, 6) is -0.313. The highest BCUT2D eigenvalue weighted by molar-refractivity contribution is 9.10. The van der Waals surface area contributed by atoms with Crippen molar-refractivity contribution in [3.8, 4) is 5.75 Å². The summed E-state index contributed by atoms with van der Waals surface area (Å²) < 4.78 is 11.1. The van der Waals surface area contributed by atoms with Crippen LogP contribution in [0.1, 0.15) is 31.1 Å². The molecule has 1 aromatic carbocycles. The van der Waals surface area contributed by atoms with Crippen LogP contribution in [0.5, 0.6) is 5.75 Å². The number of carbonyl (C=O) groups excluding carboxylic acids is 1.